The number of carboxylic acid groups (broad SMARTS) is 1. The number of nitrogens with zero attached hydrogens (tertiary/aromatic N) is 1. The van der Waals surface area contributed by atoms with E-state index in [1.165, 1.54) is 17.0 Å². The van der Waals surface area contributed by atoms with Crippen LogP contribution in [0.25, 0.3) is 0 Å². The van der Waals surface area contributed by atoms with Crippen LogP contribution in [0.2, 0.25) is 0 Å². The number of likely N-dealkylation sites (tertiary alicyclic amines) is 1. The lowest BCUT2D eigenvalue weighted by Crippen LogP contribution is -2.47. The lowest BCUT2D eigenvalue weighted by molar-refractivity contribution is -0.143. The summed E-state index contributed by atoms with van der Waals surface area (Å²) in [5.41, 5.74) is -0.967. The molecule has 1 N–H and O–H groups in total. The fraction of sp³-hybridized carbons (Fsp3) is 0.467. The molecule has 2 atom stereocenters. The molecule has 2 unspecified atom stereocenters. The summed E-state index contributed by atoms with van der Waals surface area (Å²) in [6.45, 7) is 1.79. The molecule has 1 amide bonds. The molecule has 0 aliphatic carbocycles. The van der Waals surface area contributed by atoms with Gasteiger partial charge in [-0.2, -0.15) is 13.2 Å². The number of carbonyl (C=O) groups excluding carboxylic acids is 1. The fourth-order valence-electron chi connectivity index (χ4n) is 2.59. The Morgan fingerprint density at radius 1 is 1.27 bits per heavy atom. The molecule has 1 saturated heterocycles. The van der Waals surface area contributed by atoms with Gasteiger partial charge >= 0.3 is 12.1 Å². The molecule has 1 fully saturated rings. The minimum Gasteiger partial charge on any atom is -0.481 e. The van der Waals surface area contributed by atoms with Gasteiger partial charge in [0.1, 0.15) is 0 Å². The number of rotatable bonds is 2. The molecular weight excluding hydrogens is 299 g/mol. The molecule has 120 valence electrons. The van der Waals surface area contributed by atoms with Crippen LogP contribution in [0.4, 0.5) is 13.2 Å². The predicted molar refractivity (Wildman–Crippen MR) is 72.3 cm³/mol. The van der Waals surface area contributed by atoms with Gasteiger partial charge in [-0.05, 0) is 38.0 Å². The SMILES string of the molecule is CC1CCC(C(=O)O)CN1C(=O)c1cccc(C(F)(F)F)c1. The van der Waals surface area contributed by atoms with Crippen molar-refractivity contribution < 1.29 is 27.9 Å². The molecule has 1 aromatic rings. The molecule has 0 aromatic heterocycles. The van der Waals surface area contributed by atoms with Gasteiger partial charge in [-0.1, -0.05) is 6.07 Å². The van der Waals surface area contributed by atoms with Crippen molar-refractivity contribution in [1.29, 1.82) is 0 Å². The summed E-state index contributed by atoms with van der Waals surface area (Å²) in [7, 11) is 0. The van der Waals surface area contributed by atoms with Crippen molar-refractivity contribution in [3.63, 3.8) is 0 Å². The second kappa shape index (κ2) is 5.98. The van der Waals surface area contributed by atoms with Crippen LogP contribution in [0.5, 0.6) is 0 Å². The molecule has 1 aliphatic heterocycles. The third-order valence-electron chi connectivity index (χ3n) is 3.93. The molecule has 22 heavy (non-hydrogen) atoms. The van der Waals surface area contributed by atoms with E-state index >= 15 is 0 Å². The first-order chi connectivity index (χ1) is 10.2. The van der Waals surface area contributed by atoms with Gasteiger partial charge < -0.3 is 10.0 Å². The van der Waals surface area contributed by atoms with Gasteiger partial charge in [0.25, 0.3) is 5.91 Å². The Balaban J connectivity index is 2.25. The molecule has 1 aliphatic rings. The summed E-state index contributed by atoms with van der Waals surface area (Å²) in [6, 6.07) is 4.00. The first-order valence-electron chi connectivity index (χ1n) is 6.91. The van der Waals surface area contributed by atoms with Crippen LogP contribution >= 0.6 is 0 Å². The van der Waals surface area contributed by atoms with E-state index in [2.05, 4.69) is 0 Å². The Labute approximate surface area is 125 Å². The summed E-state index contributed by atoms with van der Waals surface area (Å²) >= 11 is 0. The number of halogens is 3. The van der Waals surface area contributed by atoms with E-state index in [0.717, 1.165) is 12.1 Å². The highest BCUT2D eigenvalue weighted by molar-refractivity contribution is 5.95. The molecule has 0 bridgehead atoms. The first kappa shape index (κ1) is 16.3. The second-order valence-electron chi connectivity index (χ2n) is 5.50. The van der Waals surface area contributed by atoms with Crippen molar-refractivity contribution in [2.45, 2.75) is 32.0 Å². The van der Waals surface area contributed by atoms with Crippen molar-refractivity contribution in [3.8, 4) is 0 Å². The van der Waals surface area contributed by atoms with Crippen LogP contribution in [0.3, 0.4) is 0 Å². The summed E-state index contributed by atoms with van der Waals surface area (Å²) in [5, 5.41) is 9.06. The smallest absolute Gasteiger partial charge is 0.416 e. The molecular formula is C15H16F3NO3. The van der Waals surface area contributed by atoms with E-state index in [1.807, 2.05) is 0 Å². The van der Waals surface area contributed by atoms with Crippen LogP contribution < -0.4 is 0 Å². The van der Waals surface area contributed by atoms with Gasteiger partial charge in [0.05, 0.1) is 11.5 Å². The highest BCUT2D eigenvalue weighted by Gasteiger charge is 2.35. The summed E-state index contributed by atoms with van der Waals surface area (Å²) in [5.74, 6) is -2.23. The third kappa shape index (κ3) is 3.40. The van der Waals surface area contributed by atoms with E-state index in [4.69, 9.17) is 5.11 Å². The molecule has 0 radical (unpaired) electrons. The lowest BCUT2D eigenvalue weighted by atomic mass is 9.93. The number of hydrogen-bond donors (Lipinski definition) is 1. The second-order valence-corrected chi connectivity index (χ2v) is 5.50. The van der Waals surface area contributed by atoms with Crippen molar-refractivity contribution in [2.75, 3.05) is 6.54 Å². The van der Waals surface area contributed by atoms with Crippen LogP contribution in [0, 0.1) is 5.92 Å². The van der Waals surface area contributed by atoms with E-state index < -0.39 is 29.5 Å². The molecule has 4 nitrogen and oxygen atoms in total. The van der Waals surface area contributed by atoms with Crippen molar-refractivity contribution in [1.82, 2.24) is 4.90 Å². The number of aliphatic carboxylic acids is 1. The maximum atomic E-state index is 12.7. The fourth-order valence-corrected chi connectivity index (χ4v) is 2.59. The number of benzene rings is 1. The van der Waals surface area contributed by atoms with Gasteiger partial charge in [0, 0.05) is 18.2 Å². The van der Waals surface area contributed by atoms with Crippen molar-refractivity contribution in [3.05, 3.63) is 35.4 Å². The normalized spacial score (nSPS) is 22.5. The van der Waals surface area contributed by atoms with E-state index in [1.54, 1.807) is 6.92 Å². The number of amides is 1. The zero-order valence-electron chi connectivity index (χ0n) is 11.9. The topological polar surface area (TPSA) is 57.6 Å². The molecule has 1 aromatic carbocycles. The number of hydrogen-bond acceptors (Lipinski definition) is 2. The zero-order valence-corrected chi connectivity index (χ0v) is 11.9. The Kier molecular flexibility index (Phi) is 4.44. The maximum Gasteiger partial charge on any atom is 0.416 e. The minimum atomic E-state index is -4.52. The molecule has 0 spiro atoms. The monoisotopic (exact) mass is 315 g/mol. The average molecular weight is 315 g/mol. The quantitative estimate of drug-likeness (QED) is 0.912. The molecule has 2 rings (SSSR count). The van der Waals surface area contributed by atoms with Gasteiger partial charge in [0.15, 0.2) is 0 Å². The van der Waals surface area contributed by atoms with Crippen LogP contribution in [-0.4, -0.2) is 34.5 Å². The number of carboxylic acids is 1. The average Bonchev–Trinajstić information content (AvgIpc) is 2.46. The largest absolute Gasteiger partial charge is 0.481 e. The highest BCUT2D eigenvalue weighted by atomic mass is 19.4. The van der Waals surface area contributed by atoms with Gasteiger partial charge in [-0.3, -0.25) is 9.59 Å². The summed E-state index contributed by atoms with van der Waals surface area (Å²) in [4.78, 5) is 24.8. The maximum absolute atomic E-state index is 12.7. The lowest BCUT2D eigenvalue weighted by Gasteiger charge is -2.36. The van der Waals surface area contributed by atoms with Gasteiger partial charge in [0.2, 0.25) is 0 Å². The third-order valence-corrected chi connectivity index (χ3v) is 3.93. The predicted octanol–water partition coefficient (Wildman–Crippen LogP) is 3.03. The van der Waals surface area contributed by atoms with E-state index in [9.17, 15) is 22.8 Å². The number of alkyl halides is 3. The number of piperidine rings is 1. The van der Waals surface area contributed by atoms with Crippen molar-refractivity contribution in [2.24, 2.45) is 5.92 Å². The standard InChI is InChI=1S/C15H16F3NO3/c1-9-5-6-11(14(21)22)8-19(9)13(20)10-3-2-4-12(7-10)15(16,17)18/h2-4,7,9,11H,5-6,8H2,1H3,(H,21,22). The van der Waals surface area contributed by atoms with Crippen LogP contribution in [0.15, 0.2) is 24.3 Å². The Hall–Kier alpha value is -2.05. The highest BCUT2D eigenvalue weighted by Crippen LogP contribution is 2.30. The summed E-state index contributed by atoms with van der Waals surface area (Å²) < 4.78 is 38.1. The first-order valence-corrected chi connectivity index (χ1v) is 6.91. The molecule has 7 heteroatoms. The number of carbonyl (C=O) groups is 2. The molecule has 1 heterocycles. The zero-order chi connectivity index (χ0) is 16.5. The van der Waals surface area contributed by atoms with Gasteiger partial charge in [-0.15, -0.1) is 0 Å². The van der Waals surface area contributed by atoms with Gasteiger partial charge in [-0.25, -0.2) is 0 Å². The van der Waals surface area contributed by atoms with E-state index in [0.29, 0.717) is 12.8 Å². The Bertz CT molecular complexity index is 586. The molecule has 0 saturated carbocycles. The Morgan fingerprint density at radius 2 is 1.95 bits per heavy atom. The Morgan fingerprint density at radius 3 is 2.55 bits per heavy atom. The summed E-state index contributed by atoms with van der Waals surface area (Å²) in [6.07, 6.45) is -3.54. The minimum absolute atomic E-state index is 0.0194. The van der Waals surface area contributed by atoms with E-state index in [-0.39, 0.29) is 18.2 Å². The van der Waals surface area contributed by atoms with Crippen LogP contribution in [-0.2, 0) is 11.0 Å². The van der Waals surface area contributed by atoms with Crippen LogP contribution in [0.1, 0.15) is 35.7 Å². The van der Waals surface area contributed by atoms with Crippen molar-refractivity contribution >= 4 is 11.9 Å².